The summed E-state index contributed by atoms with van der Waals surface area (Å²) in [6.45, 7) is 0. The molecule has 0 fully saturated rings. The van der Waals surface area contributed by atoms with E-state index in [1.165, 1.54) is 47.8 Å². The number of rotatable bonds is 4. The van der Waals surface area contributed by atoms with Crippen LogP contribution in [0.25, 0.3) is 63.9 Å². The predicted molar refractivity (Wildman–Crippen MR) is 190 cm³/mol. The second-order valence-corrected chi connectivity index (χ2v) is 12.2. The minimum Gasteiger partial charge on any atom is -0.310 e. The van der Waals surface area contributed by atoms with Crippen LogP contribution in [-0.2, 0) is 0 Å². The number of hydrogen-bond donors (Lipinski definition) is 0. The highest BCUT2D eigenvalue weighted by Crippen LogP contribution is 2.42. The van der Waals surface area contributed by atoms with Gasteiger partial charge in [0.1, 0.15) is 5.01 Å². The fourth-order valence-corrected chi connectivity index (χ4v) is 7.61. The summed E-state index contributed by atoms with van der Waals surface area (Å²) in [5.41, 5.74) is 5.57. The molecule has 0 aliphatic carbocycles. The van der Waals surface area contributed by atoms with Crippen LogP contribution in [-0.4, -0.2) is 4.98 Å². The van der Waals surface area contributed by atoms with E-state index in [1.807, 2.05) is 0 Å². The van der Waals surface area contributed by atoms with Crippen LogP contribution >= 0.6 is 11.3 Å². The Morgan fingerprint density at radius 1 is 0.409 bits per heavy atom. The maximum Gasteiger partial charge on any atom is 0.124 e. The Morgan fingerprint density at radius 2 is 0.886 bits per heavy atom. The second-order valence-electron chi connectivity index (χ2n) is 11.2. The molecule has 3 heteroatoms. The number of anilines is 3. The standard InChI is InChI=1S/C41H26N2S/c1-3-11-30-25-33(23-17-27(30)9-1)43(34-24-18-28-10-2-4-12-31(28)26-34)32-21-19-29(20-22-32)41-42-39-37-15-7-5-13-35(37)36-14-6-8-16-38(36)40(39)44-41/h1-26H. The van der Waals surface area contributed by atoms with E-state index in [9.17, 15) is 0 Å². The summed E-state index contributed by atoms with van der Waals surface area (Å²) >= 11 is 1.78. The third kappa shape index (κ3) is 4.05. The van der Waals surface area contributed by atoms with E-state index in [0.717, 1.165) is 33.1 Å². The third-order valence-electron chi connectivity index (χ3n) is 8.63. The highest BCUT2D eigenvalue weighted by Gasteiger charge is 2.17. The lowest BCUT2D eigenvalue weighted by molar-refractivity contribution is 1.29. The van der Waals surface area contributed by atoms with Crippen LogP contribution in [0.2, 0.25) is 0 Å². The van der Waals surface area contributed by atoms with Crippen molar-refractivity contribution < 1.29 is 0 Å². The summed E-state index contributed by atoms with van der Waals surface area (Å²) in [6.07, 6.45) is 0. The van der Waals surface area contributed by atoms with Crippen molar-refractivity contribution in [3.8, 4) is 10.6 Å². The molecule has 1 heterocycles. The zero-order valence-electron chi connectivity index (χ0n) is 23.8. The first-order valence-electron chi connectivity index (χ1n) is 14.9. The van der Waals surface area contributed by atoms with Crippen LogP contribution < -0.4 is 4.90 Å². The molecule has 0 N–H and O–H groups in total. The molecule has 0 aliphatic heterocycles. The fourth-order valence-electron chi connectivity index (χ4n) is 6.48. The molecule has 1 aromatic heterocycles. The summed E-state index contributed by atoms with van der Waals surface area (Å²) in [4.78, 5) is 7.57. The lowest BCUT2D eigenvalue weighted by Crippen LogP contribution is -2.09. The Bertz CT molecular complexity index is 2360. The van der Waals surface area contributed by atoms with Gasteiger partial charge in [0.25, 0.3) is 0 Å². The van der Waals surface area contributed by atoms with Crippen molar-refractivity contribution in [2.45, 2.75) is 0 Å². The third-order valence-corrected chi connectivity index (χ3v) is 9.76. The van der Waals surface area contributed by atoms with Crippen molar-refractivity contribution in [3.05, 3.63) is 158 Å². The molecule has 9 aromatic rings. The van der Waals surface area contributed by atoms with E-state index < -0.39 is 0 Å². The van der Waals surface area contributed by atoms with Crippen molar-refractivity contribution in [1.29, 1.82) is 0 Å². The Kier molecular flexibility index (Phi) is 5.71. The molecule has 0 atom stereocenters. The summed E-state index contributed by atoms with van der Waals surface area (Å²) in [7, 11) is 0. The predicted octanol–water partition coefficient (Wildman–Crippen LogP) is 12.0. The normalized spacial score (nSPS) is 11.6. The van der Waals surface area contributed by atoms with Gasteiger partial charge in [0.15, 0.2) is 0 Å². The molecule has 2 nitrogen and oxygen atoms in total. The average molecular weight is 579 g/mol. The quantitative estimate of drug-likeness (QED) is 0.193. The van der Waals surface area contributed by atoms with Crippen LogP contribution in [0.4, 0.5) is 17.1 Å². The zero-order chi connectivity index (χ0) is 29.0. The van der Waals surface area contributed by atoms with Crippen LogP contribution in [0.5, 0.6) is 0 Å². The van der Waals surface area contributed by atoms with E-state index in [2.05, 4.69) is 163 Å². The highest BCUT2D eigenvalue weighted by atomic mass is 32.1. The lowest BCUT2D eigenvalue weighted by atomic mass is 10.0. The van der Waals surface area contributed by atoms with Gasteiger partial charge in [-0.15, -0.1) is 11.3 Å². The van der Waals surface area contributed by atoms with Gasteiger partial charge < -0.3 is 4.90 Å². The average Bonchev–Trinajstić information content (AvgIpc) is 3.55. The minimum atomic E-state index is 1.04. The summed E-state index contributed by atoms with van der Waals surface area (Å²) in [5, 5.41) is 11.0. The molecule has 44 heavy (non-hydrogen) atoms. The molecule has 8 aromatic carbocycles. The number of nitrogens with zero attached hydrogens (tertiary/aromatic N) is 2. The second kappa shape index (κ2) is 10.0. The van der Waals surface area contributed by atoms with E-state index in [0.29, 0.717) is 0 Å². The topological polar surface area (TPSA) is 16.1 Å². The van der Waals surface area contributed by atoms with Gasteiger partial charge in [0.05, 0.1) is 10.2 Å². The number of fused-ring (bicyclic) bond motifs is 8. The molecular formula is C41H26N2S. The molecular weight excluding hydrogens is 553 g/mol. The Balaban J connectivity index is 1.19. The van der Waals surface area contributed by atoms with Gasteiger partial charge in [-0.3, -0.25) is 0 Å². The van der Waals surface area contributed by atoms with Gasteiger partial charge in [0, 0.05) is 33.4 Å². The minimum absolute atomic E-state index is 1.04. The van der Waals surface area contributed by atoms with Gasteiger partial charge in [-0.05, 0) is 80.8 Å². The van der Waals surface area contributed by atoms with Crippen LogP contribution in [0.3, 0.4) is 0 Å². The monoisotopic (exact) mass is 578 g/mol. The van der Waals surface area contributed by atoms with Crippen molar-refractivity contribution in [1.82, 2.24) is 4.98 Å². The molecule has 0 aliphatic rings. The molecule has 0 saturated carbocycles. The van der Waals surface area contributed by atoms with Gasteiger partial charge in [-0.25, -0.2) is 4.98 Å². The number of hydrogen-bond acceptors (Lipinski definition) is 3. The largest absolute Gasteiger partial charge is 0.310 e. The first-order chi connectivity index (χ1) is 21.8. The maximum absolute atomic E-state index is 5.23. The first kappa shape index (κ1) is 25.0. The smallest absolute Gasteiger partial charge is 0.124 e. The lowest BCUT2D eigenvalue weighted by Gasteiger charge is -2.26. The molecule has 0 radical (unpaired) electrons. The SMILES string of the molecule is c1ccc2cc(N(c3ccc(-c4nc5c6ccccc6c6ccccc6c5s4)cc3)c3ccc4ccccc4c3)ccc2c1. The highest BCUT2D eigenvalue weighted by molar-refractivity contribution is 7.22. The Labute approximate surface area is 259 Å². The Hall–Kier alpha value is -5.51. The Morgan fingerprint density at radius 3 is 1.50 bits per heavy atom. The molecule has 0 bridgehead atoms. The van der Waals surface area contributed by atoms with Crippen molar-refractivity contribution >= 4 is 81.7 Å². The number of benzene rings is 8. The molecule has 206 valence electrons. The fraction of sp³-hybridized carbons (Fsp3) is 0. The molecule has 0 spiro atoms. The number of aromatic nitrogens is 1. The van der Waals surface area contributed by atoms with Gasteiger partial charge in [-0.1, -0.05) is 109 Å². The van der Waals surface area contributed by atoms with Gasteiger partial charge in [0.2, 0.25) is 0 Å². The molecule has 9 rings (SSSR count). The number of thiazole rings is 1. The van der Waals surface area contributed by atoms with E-state index in [4.69, 9.17) is 4.98 Å². The van der Waals surface area contributed by atoms with Crippen LogP contribution in [0, 0.1) is 0 Å². The zero-order valence-corrected chi connectivity index (χ0v) is 24.6. The maximum atomic E-state index is 5.23. The van der Waals surface area contributed by atoms with Crippen molar-refractivity contribution in [3.63, 3.8) is 0 Å². The van der Waals surface area contributed by atoms with E-state index >= 15 is 0 Å². The van der Waals surface area contributed by atoms with Gasteiger partial charge in [-0.2, -0.15) is 0 Å². The van der Waals surface area contributed by atoms with E-state index in [-0.39, 0.29) is 0 Å². The van der Waals surface area contributed by atoms with Crippen LogP contribution in [0.1, 0.15) is 0 Å². The molecule has 0 saturated heterocycles. The van der Waals surface area contributed by atoms with Crippen LogP contribution in [0.15, 0.2) is 158 Å². The summed E-state index contributed by atoms with van der Waals surface area (Å²) < 4.78 is 1.24. The summed E-state index contributed by atoms with van der Waals surface area (Å²) in [6, 6.07) is 56.7. The van der Waals surface area contributed by atoms with Crippen molar-refractivity contribution in [2.24, 2.45) is 0 Å². The summed E-state index contributed by atoms with van der Waals surface area (Å²) in [5.74, 6) is 0. The molecule has 0 amide bonds. The van der Waals surface area contributed by atoms with Gasteiger partial charge >= 0.3 is 0 Å². The first-order valence-corrected chi connectivity index (χ1v) is 15.7. The van der Waals surface area contributed by atoms with Crippen molar-refractivity contribution in [2.75, 3.05) is 4.90 Å². The van der Waals surface area contributed by atoms with E-state index in [1.54, 1.807) is 11.3 Å². The molecule has 0 unspecified atom stereocenters.